The van der Waals surface area contributed by atoms with Crippen LogP contribution in [-0.4, -0.2) is 71.7 Å². The van der Waals surface area contributed by atoms with Crippen molar-refractivity contribution < 1.29 is 39.2 Å². The maximum absolute atomic E-state index is 10.8. The van der Waals surface area contributed by atoms with Crippen LogP contribution in [0.15, 0.2) is 0 Å². The number of aldehydes is 1. The molecule has 1 amide bonds. The molecular formula is C10H17NO8. The van der Waals surface area contributed by atoms with Gasteiger partial charge in [-0.2, -0.15) is 0 Å². The first-order valence-electron chi connectivity index (χ1n) is 5.30. The summed E-state index contributed by atoms with van der Waals surface area (Å²) >= 11 is 0. The molecule has 0 spiro atoms. The van der Waals surface area contributed by atoms with Crippen LogP contribution in [0.2, 0.25) is 0 Å². The van der Waals surface area contributed by atoms with Gasteiger partial charge in [0.05, 0.1) is 7.11 Å². The highest BCUT2D eigenvalue weighted by molar-refractivity contribution is 5.77. The van der Waals surface area contributed by atoms with E-state index >= 15 is 0 Å². The largest absolute Gasteiger partial charge is 0.508 e. The molecule has 19 heavy (non-hydrogen) atoms. The topological polar surface area (TPSA) is 142 Å². The van der Waals surface area contributed by atoms with Crippen LogP contribution in [0.25, 0.3) is 0 Å². The molecule has 0 saturated heterocycles. The third-order valence-electron chi connectivity index (χ3n) is 2.17. The molecule has 0 unspecified atom stereocenters. The zero-order chi connectivity index (χ0) is 15.0. The second kappa shape index (κ2) is 8.40. The van der Waals surface area contributed by atoms with Crippen LogP contribution in [0, 0.1) is 0 Å². The summed E-state index contributed by atoms with van der Waals surface area (Å²) in [5.41, 5.74) is 0. The predicted octanol–water partition coefficient (Wildman–Crippen LogP) is -2.44. The molecule has 0 radical (unpaired) electrons. The van der Waals surface area contributed by atoms with Crippen LogP contribution in [0.5, 0.6) is 0 Å². The fourth-order valence-electron chi connectivity index (χ4n) is 1.19. The number of carbonyl (C=O) groups is 3. The monoisotopic (exact) mass is 279 g/mol. The van der Waals surface area contributed by atoms with Crippen molar-refractivity contribution in [2.24, 2.45) is 0 Å². The van der Waals surface area contributed by atoms with E-state index in [1.807, 2.05) is 0 Å². The number of hydrogen-bond donors (Lipinski definition) is 4. The smallest absolute Gasteiger partial charge is 0.438 e. The summed E-state index contributed by atoms with van der Waals surface area (Å²) in [5, 5.41) is 30.7. The molecular weight excluding hydrogens is 262 g/mol. The van der Waals surface area contributed by atoms with Gasteiger partial charge >= 0.3 is 6.16 Å². The number of nitrogens with one attached hydrogen (secondary N) is 1. The summed E-state index contributed by atoms with van der Waals surface area (Å²) in [6.07, 6.45) is -6.06. The molecule has 0 aliphatic carbocycles. The van der Waals surface area contributed by atoms with E-state index in [2.05, 4.69) is 14.8 Å². The van der Waals surface area contributed by atoms with Crippen molar-refractivity contribution in [3.8, 4) is 0 Å². The first kappa shape index (κ1) is 17.3. The van der Waals surface area contributed by atoms with Crippen LogP contribution < -0.4 is 5.32 Å². The van der Waals surface area contributed by atoms with Crippen LogP contribution >= 0.6 is 0 Å². The molecule has 0 aromatic rings. The van der Waals surface area contributed by atoms with E-state index in [0.717, 1.165) is 14.0 Å². The summed E-state index contributed by atoms with van der Waals surface area (Å²) in [7, 11) is 1.05. The van der Waals surface area contributed by atoms with E-state index in [4.69, 9.17) is 0 Å². The molecule has 4 N–H and O–H groups in total. The SMILES string of the molecule is COC(=O)OC[C@@H](O)[C@@H](O)[C@H](O)[C@H](C=O)NC(C)=O. The Balaban J connectivity index is 4.42. The van der Waals surface area contributed by atoms with Gasteiger partial charge in [0.2, 0.25) is 5.91 Å². The minimum atomic E-state index is -1.80. The number of carbonyl (C=O) groups excluding carboxylic acids is 3. The zero-order valence-electron chi connectivity index (χ0n) is 10.5. The summed E-state index contributed by atoms with van der Waals surface area (Å²) in [6.45, 7) is 0.475. The summed E-state index contributed by atoms with van der Waals surface area (Å²) in [6, 6.07) is -1.39. The fraction of sp³-hybridized carbons (Fsp3) is 0.700. The molecule has 0 bridgehead atoms. The minimum absolute atomic E-state index is 0.211. The van der Waals surface area contributed by atoms with Gasteiger partial charge in [-0.15, -0.1) is 0 Å². The first-order chi connectivity index (χ1) is 8.83. The van der Waals surface area contributed by atoms with Gasteiger partial charge in [0, 0.05) is 6.92 Å². The molecule has 9 nitrogen and oxygen atoms in total. The van der Waals surface area contributed by atoms with E-state index in [-0.39, 0.29) is 6.29 Å². The van der Waals surface area contributed by atoms with Crippen molar-refractivity contribution in [2.45, 2.75) is 31.3 Å². The molecule has 0 heterocycles. The van der Waals surface area contributed by atoms with Gasteiger partial charge in [-0.25, -0.2) is 4.79 Å². The van der Waals surface area contributed by atoms with Gasteiger partial charge in [-0.05, 0) is 0 Å². The van der Waals surface area contributed by atoms with Gasteiger partial charge in [0.1, 0.15) is 37.2 Å². The zero-order valence-corrected chi connectivity index (χ0v) is 10.5. The number of aliphatic hydroxyl groups is 3. The summed E-state index contributed by atoms with van der Waals surface area (Å²) < 4.78 is 8.49. The standard InChI is InChI=1S/C10H17NO8/c1-5(13)11-6(3-12)8(15)9(16)7(14)4-19-10(17)18-2/h3,6-9,14-16H,4H2,1-2H3,(H,11,13)/t6-,7+,8+,9+/m0/s1. The normalized spacial score (nSPS) is 16.7. The molecule has 9 heteroatoms. The Kier molecular flexibility index (Phi) is 7.65. The Labute approximate surface area is 109 Å². The van der Waals surface area contributed by atoms with Crippen LogP contribution in [0.3, 0.4) is 0 Å². The summed E-state index contributed by atoms with van der Waals surface area (Å²) in [5.74, 6) is -0.594. The maximum Gasteiger partial charge on any atom is 0.508 e. The molecule has 0 aromatic carbocycles. The van der Waals surface area contributed by atoms with Crippen molar-refractivity contribution in [3.05, 3.63) is 0 Å². The second-order valence-electron chi connectivity index (χ2n) is 3.68. The highest BCUT2D eigenvalue weighted by atomic mass is 16.7. The molecule has 110 valence electrons. The Morgan fingerprint density at radius 1 is 1.26 bits per heavy atom. The Morgan fingerprint density at radius 3 is 2.26 bits per heavy atom. The Morgan fingerprint density at radius 2 is 1.84 bits per heavy atom. The molecule has 0 aromatic heterocycles. The third-order valence-corrected chi connectivity index (χ3v) is 2.17. The molecule has 0 aliphatic rings. The lowest BCUT2D eigenvalue weighted by Crippen LogP contribution is -2.53. The van der Waals surface area contributed by atoms with Crippen molar-refractivity contribution in [1.82, 2.24) is 5.32 Å². The van der Waals surface area contributed by atoms with Crippen molar-refractivity contribution in [1.29, 1.82) is 0 Å². The van der Waals surface area contributed by atoms with Crippen LogP contribution in [0.4, 0.5) is 4.79 Å². The maximum atomic E-state index is 10.8. The number of ether oxygens (including phenoxy) is 2. The first-order valence-corrected chi connectivity index (χ1v) is 5.30. The van der Waals surface area contributed by atoms with E-state index in [9.17, 15) is 29.7 Å². The Hall–Kier alpha value is -1.71. The van der Waals surface area contributed by atoms with Gasteiger partial charge in [0.25, 0.3) is 0 Å². The quantitative estimate of drug-likeness (QED) is 0.297. The fourth-order valence-corrected chi connectivity index (χ4v) is 1.19. The number of amides is 1. The average Bonchev–Trinajstić information content (AvgIpc) is 2.39. The van der Waals surface area contributed by atoms with E-state index < -0.39 is 43.0 Å². The van der Waals surface area contributed by atoms with Gasteiger partial charge in [-0.1, -0.05) is 0 Å². The lowest BCUT2D eigenvalue weighted by atomic mass is 10.0. The Bertz CT molecular complexity index is 321. The van der Waals surface area contributed by atoms with E-state index in [1.54, 1.807) is 0 Å². The van der Waals surface area contributed by atoms with Crippen molar-refractivity contribution in [3.63, 3.8) is 0 Å². The molecule has 0 aliphatic heterocycles. The van der Waals surface area contributed by atoms with Gasteiger partial charge in [-0.3, -0.25) is 4.79 Å². The molecule has 4 atom stereocenters. The highest BCUT2D eigenvalue weighted by Gasteiger charge is 2.32. The van der Waals surface area contributed by atoms with Crippen LogP contribution in [0.1, 0.15) is 6.92 Å². The summed E-state index contributed by atoms with van der Waals surface area (Å²) in [4.78, 5) is 32.0. The molecule has 0 rings (SSSR count). The lowest BCUT2D eigenvalue weighted by Gasteiger charge is -2.26. The number of rotatable bonds is 7. The molecule has 0 fully saturated rings. The molecule has 0 saturated carbocycles. The second-order valence-corrected chi connectivity index (χ2v) is 3.68. The van der Waals surface area contributed by atoms with Crippen molar-refractivity contribution >= 4 is 18.3 Å². The van der Waals surface area contributed by atoms with E-state index in [0.29, 0.717) is 0 Å². The van der Waals surface area contributed by atoms with Gasteiger partial charge in [0.15, 0.2) is 0 Å². The number of methoxy groups -OCH3 is 1. The average molecular weight is 279 g/mol. The predicted molar refractivity (Wildman–Crippen MR) is 60.0 cm³/mol. The van der Waals surface area contributed by atoms with Crippen LogP contribution in [-0.2, 0) is 19.1 Å². The van der Waals surface area contributed by atoms with Crippen molar-refractivity contribution in [2.75, 3.05) is 13.7 Å². The number of aliphatic hydroxyl groups excluding tert-OH is 3. The number of hydrogen-bond acceptors (Lipinski definition) is 8. The highest BCUT2D eigenvalue weighted by Crippen LogP contribution is 2.05. The third kappa shape index (κ3) is 6.13. The lowest BCUT2D eigenvalue weighted by molar-refractivity contribution is -0.130. The minimum Gasteiger partial charge on any atom is -0.438 e. The van der Waals surface area contributed by atoms with Gasteiger partial charge < -0.3 is 34.9 Å². The van der Waals surface area contributed by atoms with E-state index in [1.165, 1.54) is 0 Å².